The summed E-state index contributed by atoms with van der Waals surface area (Å²) in [7, 11) is -1.21. The number of carboxylic acids is 1. The van der Waals surface area contributed by atoms with Gasteiger partial charge in [-0.2, -0.15) is 0 Å². The summed E-state index contributed by atoms with van der Waals surface area (Å²) in [6.07, 6.45) is 10.6. The zero-order chi connectivity index (χ0) is 29.8. The molecule has 1 aliphatic carbocycles. The lowest BCUT2D eigenvalue weighted by molar-refractivity contribution is -0.196. The summed E-state index contributed by atoms with van der Waals surface area (Å²) >= 11 is 0. The van der Waals surface area contributed by atoms with Crippen molar-refractivity contribution in [3.63, 3.8) is 0 Å². The number of aliphatic hydroxyl groups excluding tert-OH is 1. The molecule has 2 fully saturated rings. The predicted molar refractivity (Wildman–Crippen MR) is 157 cm³/mol. The number of allylic oxidation sites excluding steroid dienone is 2. The molecule has 234 valence electrons. The molecule has 1 saturated carbocycles. The summed E-state index contributed by atoms with van der Waals surface area (Å²) in [6, 6.07) is 0. The first-order valence-electron chi connectivity index (χ1n) is 15.6. The van der Waals surface area contributed by atoms with Crippen molar-refractivity contribution in [3.8, 4) is 0 Å². The maximum atomic E-state index is 15.5. The minimum atomic E-state index is -2.76. The standard InChI is InChI=1S/C31H56F2O6Si/c1-30(2,3)27(31(32,33)19-13-21-38-40(4)5)16-12-15-24-23(14-8-6-7-9-17-28(35)36)25(34)22-26(24)39-29-18-10-11-20-37-29/h6,8,23-27,29,34,40H,7,9-22H2,1-5H3,(H,35,36)/t23-,24-,25+,26-,27?,29?/m1/s1. The van der Waals surface area contributed by atoms with Crippen molar-refractivity contribution in [1.29, 1.82) is 0 Å². The second kappa shape index (κ2) is 17.3. The summed E-state index contributed by atoms with van der Waals surface area (Å²) in [4.78, 5) is 10.8. The fourth-order valence-corrected chi connectivity index (χ4v) is 7.07. The lowest BCUT2D eigenvalue weighted by Crippen LogP contribution is -2.38. The van der Waals surface area contributed by atoms with Gasteiger partial charge in [-0.05, 0) is 88.1 Å². The van der Waals surface area contributed by atoms with Gasteiger partial charge in [0.1, 0.15) is 0 Å². The average molecular weight is 591 g/mol. The van der Waals surface area contributed by atoms with Crippen LogP contribution in [0.4, 0.5) is 8.78 Å². The van der Waals surface area contributed by atoms with Crippen LogP contribution in [-0.2, 0) is 18.7 Å². The summed E-state index contributed by atoms with van der Waals surface area (Å²) in [6.45, 7) is 10.9. The van der Waals surface area contributed by atoms with Gasteiger partial charge in [0.15, 0.2) is 15.3 Å². The molecule has 0 radical (unpaired) electrons. The maximum Gasteiger partial charge on any atom is 0.303 e. The molecule has 0 aromatic carbocycles. The summed E-state index contributed by atoms with van der Waals surface area (Å²) < 4.78 is 48.8. The molecule has 2 aliphatic rings. The molecule has 9 heteroatoms. The van der Waals surface area contributed by atoms with Crippen LogP contribution in [0.5, 0.6) is 0 Å². The van der Waals surface area contributed by atoms with Gasteiger partial charge < -0.3 is 24.1 Å². The molecule has 1 saturated heterocycles. The number of hydrogen-bond donors (Lipinski definition) is 2. The number of alkyl halides is 2. The normalized spacial score (nSPS) is 27.1. The van der Waals surface area contributed by atoms with E-state index in [9.17, 15) is 9.90 Å². The summed E-state index contributed by atoms with van der Waals surface area (Å²) in [5.74, 6) is -4.26. The van der Waals surface area contributed by atoms with Crippen LogP contribution in [0.1, 0.15) is 104 Å². The van der Waals surface area contributed by atoms with Crippen molar-refractivity contribution < 1.29 is 37.7 Å². The van der Waals surface area contributed by atoms with Gasteiger partial charge in [0.2, 0.25) is 0 Å². The van der Waals surface area contributed by atoms with Gasteiger partial charge in [-0.1, -0.05) is 39.3 Å². The lowest BCUT2D eigenvalue weighted by atomic mass is 9.72. The van der Waals surface area contributed by atoms with Crippen molar-refractivity contribution in [3.05, 3.63) is 12.2 Å². The topological polar surface area (TPSA) is 85.2 Å². The van der Waals surface area contributed by atoms with Crippen LogP contribution in [0.25, 0.3) is 0 Å². The Morgan fingerprint density at radius 3 is 2.50 bits per heavy atom. The highest BCUT2D eigenvalue weighted by Gasteiger charge is 2.47. The largest absolute Gasteiger partial charge is 0.481 e. The predicted octanol–water partition coefficient (Wildman–Crippen LogP) is 7.34. The van der Waals surface area contributed by atoms with E-state index in [1.165, 1.54) is 0 Å². The fraction of sp³-hybridized carbons (Fsp3) is 0.903. The molecule has 2 N–H and O–H groups in total. The van der Waals surface area contributed by atoms with Crippen molar-refractivity contribution >= 4 is 15.0 Å². The number of halogens is 2. The van der Waals surface area contributed by atoms with E-state index in [2.05, 4.69) is 13.1 Å². The van der Waals surface area contributed by atoms with Crippen LogP contribution in [0, 0.1) is 23.2 Å². The number of ether oxygens (including phenoxy) is 2. The third-order valence-electron chi connectivity index (χ3n) is 8.49. The summed E-state index contributed by atoms with van der Waals surface area (Å²) in [5, 5.41) is 19.8. The molecule has 1 aliphatic heterocycles. The molecule has 1 heterocycles. The van der Waals surface area contributed by atoms with Gasteiger partial charge in [-0.3, -0.25) is 4.79 Å². The SMILES string of the molecule is C[SiH](C)OCCCC(F)(F)C(CCC[C@@H]1[C@@H](CC=CCCCC(=O)O)[C@@H](O)C[C@H]1OC1CCCCO1)C(C)(C)C. The van der Waals surface area contributed by atoms with Crippen molar-refractivity contribution in [2.24, 2.45) is 23.2 Å². The minimum Gasteiger partial charge on any atom is -0.481 e. The zero-order valence-electron chi connectivity index (χ0n) is 25.6. The van der Waals surface area contributed by atoms with E-state index in [1.807, 2.05) is 32.9 Å². The minimum absolute atomic E-state index is 0.0183. The van der Waals surface area contributed by atoms with Gasteiger partial charge >= 0.3 is 5.97 Å². The van der Waals surface area contributed by atoms with Gasteiger partial charge in [0.05, 0.1) is 12.2 Å². The van der Waals surface area contributed by atoms with Gasteiger partial charge in [-0.25, -0.2) is 8.78 Å². The Labute approximate surface area is 243 Å². The number of aliphatic hydroxyl groups is 1. The number of carboxylic acid groups (broad SMARTS) is 1. The molecule has 0 spiro atoms. The molecular formula is C31H56F2O6Si. The van der Waals surface area contributed by atoms with Crippen molar-refractivity contribution in [2.45, 2.75) is 142 Å². The van der Waals surface area contributed by atoms with E-state index >= 15 is 8.78 Å². The number of hydrogen-bond acceptors (Lipinski definition) is 5. The molecule has 6 atom stereocenters. The first-order valence-corrected chi connectivity index (χ1v) is 18.4. The molecule has 0 aromatic heterocycles. The third kappa shape index (κ3) is 12.6. The third-order valence-corrected chi connectivity index (χ3v) is 9.39. The smallest absolute Gasteiger partial charge is 0.303 e. The summed E-state index contributed by atoms with van der Waals surface area (Å²) in [5.41, 5.74) is -0.531. The van der Waals surface area contributed by atoms with E-state index < -0.39 is 38.4 Å². The fourth-order valence-electron chi connectivity index (χ4n) is 6.43. The monoisotopic (exact) mass is 590 g/mol. The highest BCUT2D eigenvalue weighted by atomic mass is 28.3. The van der Waals surface area contributed by atoms with Crippen LogP contribution in [0.15, 0.2) is 12.2 Å². The van der Waals surface area contributed by atoms with Gasteiger partial charge in [-0.15, -0.1) is 0 Å². The Morgan fingerprint density at radius 1 is 1.12 bits per heavy atom. The highest BCUT2D eigenvalue weighted by molar-refractivity contribution is 6.48. The number of rotatable bonds is 18. The van der Waals surface area contributed by atoms with Crippen molar-refractivity contribution in [1.82, 2.24) is 0 Å². The van der Waals surface area contributed by atoms with Crippen LogP contribution in [0.2, 0.25) is 13.1 Å². The Bertz CT molecular complexity index is 751. The highest BCUT2D eigenvalue weighted by Crippen LogP contribution is 2.46. The van der Waals surface area contributed by atoms with Crippen LogP contribution >= 0.6 is 0 Å². The molecule has 2 rings (SSSR count). The molecule has 2 unspecified atom stereocenters. The zero-order valence-corrected chi connectivity index (χ0v) is 26.7. The van der Waals surface area contributed by atoms with Crippen LogP contribution in [0.3, 0.4) is 0 Å². The Balaban J connectivity index is 2.04. The van der Waals surface area contributed by atoms with E-state index in [0.29, 0.717) is 58.2 Å². The maximum absolute atomic E-state index is 15.5. The molecule has 40 heavy (non-hydrogen) atoms. The first kappa shape index (κ1) is 35.3. The Morgan fingerprint density at radius 2 is 1.88 bits per heavy atom. The average Bonchev–Trinajstić information content (AvgIpc) is 3.14. The van der Waals surface area contributed by atoms with Gasteiger partial charge in [0.25, 0.3) is 5.92 Å². The lowest BCUT2D eigenvalue weighted by Gasteiger charge is -2.38. The van der Waals surface area contributed by atoms with Crippen LogP contribution in [-0.4, -0.2) is 62.9 Å². The Kier molecular flexibility index (Phi) is 15.3. The quantitative estimate of drug-likeness (QED) is 0.0987. The molecule has 0 aromatic rings. The van der Waals surface area contributed by atoms with Crippen LogP contribution < -0.4 is 0 Å². The molecular weight excluding hydrogens is 534 g/mol. The van der Waals surface area contributed by atoms with E-state index in [4.69, 9.17) is 19.0 Å². The second-order valence-corrected chi connectivity index (χ2v) is 15.7. The first-order chi connectivity index (χ1) is 18.8. The molecule has 0 bridgehead atoms. The van der Waals surface area contributed by atoms with E-state index in [-0.39, 0.29) is 37.1 Å². The number of aliphatic carboxylic acids is 1. The molecule has 0 amide bonds. The van der Waals surface area contributed by atoms with E-state index in [1.54, 1.807) is 0 Å². The second-order valence-electron chi connectivity index (χ2n) is 13.2. The number of carbonyl (C=O) groups is 1. The van der Waals surface area contributed by atoms with Gasteiger partial charge in [0, 0.05) is 38.4 Å². The van der Waals surface area contributed by atoms with E-state index in [0.717, 1.165) is 25.7 Å². The number of unbranched alkanes of at least 4 members (excludes halogenated alkanes) is 1. The van der Waals surface area contributed by atoms with Crippen molar-refractivity contribution in [2.75, 3.05) is 13.2 Å². The Hall–Kier alpha value is -0.873. The molecule has 6 nitrogen and oxygen atoms in total.